The van der Waals surface area contributed by atoms with Crippen molar-refractivity contribution >= 4 is 28.3 Å². The quantitative estimate of drug-likeness (QED) is 0.346. The number of hydrogen-bond acceptors (Lipinski definition) is 6. The van der Waals surface area contributed by atoms with Crippen molar-refractivity contribution in [1.82, 2.24) is 0 Å². The lowest BCUT2D eigenvalue weighted by Crippen LogP contribution is -2.32. The Balaban J connectivity index is 1.72. The van der Waals surface area contributed by atoms with Gasteiger partial charge in [0.15, 0.2) is 22.9 Å². The van der Waals surface area contributed by atoms with Gasteiger partial charge in [0.25, 0.3) is 5.91 Å². The van der Waals surface area contributed by atoms with Crippen LogP contribution in [0.4, 0.5) is 5.69 Å². The normalized spacial score (nSPS) is 15.6. The van der Waals surface area contributed by atoms with Crippen LogP contribution < -0.4 is 14.4 Å². The highest BCUT2D eigenvalue weighted by Crippen LogP contribution is 2.46. The summed E-state index contributed by atoms with van der Waals surface area (Å²) in [7, 11) is 3.04. The Kier molecular flexibility index (Phi) is 5.76. The minimum Gasteiger partial charge on any atom is -0.503 e. The van der Waals surface area contributed by atoms with Gasteiger partial charge in [-0.1, -0.05) is 42.5 Å². The lowest BCUT2D eigenvalue weighted by Gasteiger charge is -2.29. The van der Waals surface area contributed by atoms with E-state index in [4.69, 9.17) is 13.9 Å². The molecule has 1 atom stereocenters. The van der Waals surface area contributed by atoms with E-state index in [1.165, 1.54) is 19.1 Å². The summed E-state index contributed by atoms with van der Waals surface area (Å²) in [5.74, 6) is -0.933. The molecule has 5 rings (SSSR count). The number of ketones is 1. The number of nitrogens with zero attached hydrogens (tertiary/aromatic N) is 1. The first-order chi connectivity index (χ1) is 17.3. The van der Waals surface area contributed by atoms with Gasteiger partial charge in [0.1, 0.15) is 5.75 Å². The Morgan fingerprint density at radius 1 is 0.944 bits per heavy atom. The van der Waals surface area contributed by atoms with Crippen molar-refractivity contribution < 1.29 is 28.6 Å². The molecule has 1 amide bonds. The van der Waals surface area contributed by atoms with Gasteiger partial charge in [0.05, 0.1) is 25.8 Å². The lowest BCUT2D eigenvalue weighted by atomic mass is 9.93. The van der Waals surface area contributed by atoms with Crippen LogP contribution >= 0.6 is 0 Å². The zero-order valence-corrected chi connectivity index (χ0v) is 20.4. The van der Waals surface area contributed by atoms with Crippen LogP contribution in [0.25, 0.3) is 11.0 Å². The lowest BCUT2D eigenvalue weighted by molar-refractivity contribution is -0.117. The van der Waals surface area contributed by atoms with Crippen molar-refractivity contribution in [3.63, 3.8) is 0 Å². The highest BCUT2D eigenvalue weighted by molar-refractivity contribution is 6.21. The van der Waals surface area contributed by atoms with Crippen LogP contribution in [-0.4, -0.2) is 31.0 Å². The third-order valence-electron chi connectivity index (χ3n) is 6.46. The molecule has 182 valence electrons. The Labute approximate surface area is 208 Å². The van der Waals surface area contributed by atoms with Crippen LogP contribution in [0, 0.1) is 13.8 Å². The van der Waals surface area contributed by atoms with Gasteiger partial charge in [-0.3, -0.25) is 14.5 Å². The van der Waals surface area contributed by atoms with Crippen molar-refractivity contribution in [2.24, 2.45) is 0 Å². The number of Topliss-reactive ketones (excluding diaryl/α,β-unsaturated/α-hetero) is 1. The van der Waals surface area contributed by atoms with Crippen LogP contribution in [0.15, 0.2) is 82.5 Å². The minimum atomic E-state index is -0.934. The molecule has 0 fully saturated rings. The first-order valence-electron chi connectivity index (χ1n) is 11.4. The summed E-state index contributed by atoms with van der Waals surface area (Å²) in [6.45, 7) is 3.80. The third kappa shape index (κ3) is 3.60. The van der Waals surface area contributed by atoms with E-state index in [0.29, 0.717) is 33.7 Å². The van der Waals surface area contributed by atoms with Gasteiger partial charge >= 0.3 is 0 Å². The Bertz CT molecular complexity index is 1550. The van der Waals surface area contributed by atoms with E-state index < -0.39 is 23.5 Å². The van der Waals surface area contributed by atoms with Crippen LogP contribution in [0.5, 0.6) is 11.5 Å². The molecule has 7 nitrogen and oxygen atoms in total. The number of benzene rings is 3. The fraction of sp³-hybridized carbons (Fsp3) is 0.172. The Hall–Kier alpha value is -4.52. The standard InChI is InChI=1S/C29H25NO6/c1-16-12-13-17(2)20(14-16)30-25(19-9-5-6-10-21(19)34-3)24(27(32)29(30)33)26(31)23-15-18-8-7-11-22(35-4)28(18)36-23/h5-15,25,32H,1-4H3. The molecule has 1 aliphatic heterocycles. The number of aryl methyl sites for hydroxylation is 2. The minimum absolute atomic E-state index is 0.00781. The van der Waals surface area contributed by atoms with E-state index in [1.54, 1.807) is 48.5 Å². The molecule has 0 saturated carbocycles. The summed E-state index contributed by atoms with van der Waals surface area (Å²) in [4.78, 5) is 28.9. The second kappa shape index (κ2) is 8.92. The molecule has 4 aromatic rings. The number of carbonyl (C=O) groups is 2. The summed E-state index contributed by atoms with van der Waals surface area (Å²) >= 11 is 0. The molecule has 0 radical (unpaired) electrons. The van der Waals surface area contributed by atoms with Gasteiger partial charge in [-0.2, -0.15) is 0 Å². The van der Waals surface area contributed by atoms with Crippen molar-refractivity contribution in [3.8, 4) is 11.5 Å². The number of aliphatic hydroxyl groups is 1. The first-order valence-corrected chi connectivity index (χ1v) is 11.4. The number of furan rings is 1. The molecule has 1 unspecified atom stereocenters. The predicted molar refractivity (Wildman–Crippen MR) is 136 cm³/mol. The molecule has 3 aromatic carbocycles. The number of hydrogen-bond donors (Lipinski definition) is 1. The predicted octanol–water partition coefficient (Wildman–Crippen LogP) is 5.85. The largest absolute Gasteiger partial charge is 0.503 e. The van der Waals surface area contributed by atoms with Gasteiger partial charge in [-0.15, -0.1) is 0 Å². The molecule has 36 heavy (non-hydrogen) atoms. The van der Waals surface area contributed by atoms with Crippen LogP contribution in [0.3, 0.4) is 0 Å². The number of anilines is 1. The van der Waals surface area contributed by atoms with Crippen LogP contribution in [-0.2, 0) is 4.79 Å². The van der Waals surface area contributed by atoms with E-state index in [0.717, 1.165) is 11.1 Å². The molecule has 0 bridgehead atoms. The van der Waals surface area contributed by atoms with E-state index in [1.807, 2.05) is 32.0 Å². The maximum absolute atomic E-state index is 13.9. The summed E-state index contributed by atoms with van der Waals surface area (Å²) in [6, 6.07) is 18.8. The molecular weight excluding hydrogens is 458 g/mol. The summed E-state index contributed by atoms with van der Waals surface area (Å²) in [5, 5.41) is 11.8. The Morgan fingerprint density at radius 2 is 1.67 bits per heavy atom. The maximum atomic E-state index is 13.9. The molecule has 0 spiro atoms. The fourth-order valence-electron chi connectivity index (χ4n) is 4.69. The van der Waals surface area contributed by atoms with E-state index in [9.17, 15) is 14.7 Å². The number of para-hydroxylation sites is 2. The molecule has 0 aliphatic carbocycles. The highest BCUT2D eigenvalue weighted by atomic mass is 16.5. The van der Waals surface area contributed by atoms with Gasteiger partial charge < -0.3 is 19.0 Å². The maximum Gasteiger partial charge on any atom is 0.294 e. The zero-order valence-electron chi connectivity index (χ0n) is 20.4. The average molecular weight is 484 g/mol. The van der Waals surface area contributed by atoms with E-state index in [-0.39, 0.29) is 11.3 Å². The second-order valence-electron chi connectivity index (χ2n) is 8.69. The topological polar surface area (TPSA) is 89.2 Å². The first kappa shape index (κ1) is 23.2. The SMILES string of the molecule is COc1ccccc1C1C(C(=O)c2cc3cccc(OC)c3o2)=C(O)C(=O)N1c1cc(C)ccc1C. The number of ether oxygens (including phenoxy) is 2. The monoisotopic (exact) mass is 483 g/mol. The molecule has 7 heteroatoms. The number of methoxy groups -OCH3 is 2. The van der Waals surface area contributed by atoms with Crippen molar-refractivity contribution in [3.05, 3.63) is 101 Å². The zero-order chi connectivity index (χ0) is 25.6. The number of carbonyl (C=O) groups excluding carboxylic acids is 2. The molecule has 0 saturated heterocycles. The van der Waals surface area contributed by atoms with Crippen molar-refractivity contribution in [2.75, 3.05) is 19.1 Å². The summed E-state index contributed by atoms with van der Waals surface area (Å²) < 4.78 is 16.8. The van der Waals surface area contributed by atoms with E-state index >= 15 is 0 Å². The molecule has 1 aliphatic rings. The van der Waals surface area contributed by atoms with Crippen LogP contribution in [0.2, 0.25) is 0 Å². The fourth-order valence-corrected chi connectivity index (χ4v) is 4.69. The third-order valence-corrected chi connectivity index (χ3v) is 6.46. The Morgan fingerprint density at radius 3 is 2.42 bits per heavy atom. The summed E-state index contributed by atoms with van der Waals surface area (Å²) in [5.41, 5.74) is 3.25. The smallest absolute Gasteiger partial charge is 0.294 e. The molecule has 1 aromatic heterocycles. The number of rotatable bonds is 6. The summed E-state index contributed by atoms with van der Waals surface area (Å²) in [6.07, 6.45) is 0. The molecular formula is C29H25NO6. The van der Waals surface area contributed by atoms with Gasteiger partial charge in [-0.25, -0.2) is 0 Å². The highest BCUT2D eigenvalue weighted by Gasteiger charge is 2.46. The second-order valence-corrected chi connectivity index (χ2v) is 8.69. The van der Waals surface area contributed by atoms with Gasteiger partial charge in [-0.05, 0) is 49.2 Å². The van der Waals surface area contributed by atoms with Crippen molar-refractivity contribution in [2.45, 2.75) is 19.9 Å². The number of fused-ring (bicyclic) bond motifs is 1. The van der Waals surface area contributed by atoms with Crippen LogP contribution in [0.1, 0.15) is 33.3 Å². The van der Waals surface area contributed by atoms with Crippen molar-refractivity contribution in [1.29, 1.82) is 0 Å². The number of aliphatic hydroxyl groups excluding tert-OH is 1. The van der Waals surface area contributed by atoms with Gasteiger partial charge in [0, 0.05) is 16.6 Å². The molecule has 1 N–H and O–H groups in total. The van der Waals surface area contributed by atoms with E-state index in [2.05, 4.69) is 0 Å². The molecule has 2 heterocycles. The number of amides is 1. The van der Waals surface area contributed by atoms with Gasteiger partial charge in [0.2, 0.25) is 5.78 Å². The average Bonchev–Trinajstić information content (AvgIpc) is 3.44.